The number of carbonyl (C=O) groups excluding carboxylic acids is 1. The molecule has 1 aliphatic heterocycles. The molecule has 1 fully saturated rings. The van der Waals surface area contributed by atoms with Gasteiger partial charge in [-0.25, -0.2) is 9.79 Å². The summed E-state index contributed by atoms with van der Waals surface area (Å²) in [5, 5.41) is 9.45. The molecule has 0 atom stereocenters. The first kappa shape index (κ1) is 17.3. The van der Waals surface area contributed by atoms with Crippen LogP contribution in [0.15, 0.2) is 46.3 Å². The van der Waals surface area contributed by atoms with Gasteiger partial charge < -0.3 is 5.11 Å². The zero-order valence-electron chi connectivity index (χ0n) is 13.1. The number of amidine groups is 1. The van der Waals surface area contributed by atoms with Crippen LogP contribution in [-0.2, 0) is 9.59 Å². The molecule has 0 radical (unpaired) electrons. The quantitative estimate of drug-likeness (QED) is 0.609. The minimum atomic E-state index is -1.12. The van der Waals surface area contributed by atoms with Crippen LogP contribution in [0.3, 0.4) is 0 Å². The molecule has 0 aromatic heterocycles. The number of nitrogens with zero attached hydrogens (tertiary/aromatic N) is 2. The van der Waals surface area contributed by atoms with Gasteiger partial charge in [-0.3, -0.25) is 9.69 Å². The zero-order valence-corrected chi connectivity index (χ0v) is 13.9. The summed E-state index contributed by atoms with van der Waals surface area (Å²) >= 11 is 1.12. The molecule has 0 saturated carbocycles. The maximum Gasteiger partial charge on any atom is 0.329 e. The summed E-state index contributed by atoms with van der Waals surface area (Å²) < 4.78 is 0. The van der Waals surface area contributed by atoms with Crippen molar-refractivity contribution in [2.24, 2.45) is 4.99 Å². The van der Waals surface area contributed by atoms with Crippen LogP contribution in [-0.4, -0.2) is 33.6 Å². The average Bonchev–Trinajstić information content (AvgIpc) is 2.80. The predicted molar refractivity (Wildman–Crippen MR) is 92.7 cm³/mol. The van der Waals surface area contributed by atoms with Gasteiger partial charge in [0.25, 0.3) is 5.91 Å². The van der Waals surface area contributed by atoms with Gasteiger partial charge in [0, 0.05) is 12.6 Å². The lowest BCUT2D eigenvalue weighted by Crippen LogP contribution is -2.30. The van der Waals surface area contributed by atoms with Crippen molar-refractivity contribution in [1.82, 2.24) is 4.90 Å². The van der Waals surface area contributed by atoms with Crippen LogP contribution < -0.4 is 0 Å². The Kier molecular flexibility index (Phi) is 6.40. The van der Waals surface area contributed by atoms with Crippen LogP contribution in [0.25, 0.3) is 0 Å². The highest BCUT2D eigenvalue weighted by Gasteiger charge is 2.33. The first-order valence-electron chi connectivity index (χ1n) is 7.70. The van der Waals surface area contributed by atoms with E-state index in [2.05, 4.69) is 11.9 Å². The maximum atomic E-state index is 12.4. The number of aliphatic imine (C=N–C) groups is 1. The van der Waals surface area contributed by atoms with E-state index in [1.807, 2.05) is 30.3 Å². The summed E-state index contributed by atoms with van der Waals surface area (Å²) in [7, 11) is 0. The Morgan fingerprint density at radius 2 is 2.00 bits per heavy atom. The van der Waals surface area contributed by atoms with E-state index in [0.717, 1.165) is 49.2 Å². The first-order valence-corrected chi connectivity index (χ1v) is 8.51. The van der Waals surface area contributed by atoms with E-state index in [4.69, 9.17) is 5.11 Å². The predicted octanol–water partition coefficient (Wildman–Crippen LogP) is 3.80. The van der Waals surface area contributed by atoms with E-state index >= 15 is 0 Å². The molecule has 0 bridgehead atoms. The number of thioether (sulfide) groups is 1. The fourth-order valence-electron chi connectivity index (χ4n) is 2.21. The van der Waals surface area contributed by atoms with Gasteiger partial charge in [-0.15, -0.1) is 0 Å². The van der Waals surface area contributed by atoms with E-state index in [1.165, 1.54) is 0 Å². The van der Waals surface area contributed by atoms with Crippen molar-refractivity contribution in [3.63, 3.8) is 0 Å². The van der Waals surface area contributed by atoms with Crippen LogP contribution in [0.2, 0.25) is 0 Å². The Morgan fingerprint density at radius 1 is 1.26 bits per heavy atom. The Morgan fingerprint density at radius 3 is 2.65 bits per heavy atom. The van der Waals surface area contributed by atoms with E-state index in [9.17, 15) is 9.59 Å². The summed E-state index contributed by atoms with van der Waals surface area (Å²) in [5.41, 5.74) is 0.748. The van der Waals surface area contributed by atoms with Gasteiger partial charge in [-0.2, -0.15) is 0 Å². The Hall–Kier alpha value is -2.08. The maximum absolute atomic E-state index is 12.4. The lowest BCUT2D eigenvalue weighted by atomic mass is 10.2. The minimum Gasteiger partial charge on any atom is -0.478 e. The van der Waals surface area contributed by atoms with Crippen molar-refractivity contribution in [2.75, 3.05) is 6.54 Å². The van der Waals surface area contributed by atoms with Gasteiger partial charge in [0.15, 0.2) is 5.17 Å². The van der Waals surface area contributed by atoms with Gasteiger partial charge in [0.1, 0.15) is 0 Å². The lowest BCUT2D eigenvalue weighted by Gasteiger charge is -2.15. The van der Waals surface area contributed by atoms with Crippen molar-refractivity contribution in [3.05, 3.63) is 41.3 Å². The smallest absolute Gasteiger partial charge is 0.329 e. The average molecular weight is 332 g/mol. The molecule has 1 heterocycles. The van der Waals surface area contributed by atoms with E-state index in [0.29, 0.717) is 11.7 Å². The molecule has 2 rings (SSSR count). The number of carbonyl (C=O) groups is 2. The number of hydrogen-bond donors (Lipinski definition) is 1. The van der Waals surface area contributed by atoms with Gasteiger partial charge in [0.05, 0.1) is 10.6 Å². The molecule has 1 aliphatic rings. The number of rotatable bonds is 7. The third kappa shape index (κ3) is 4.96. The summed E-state index contributed by atoms with van der Waals surface area (Å²) in [4.78, 5) is 29.6. The third-order valence-corrected chi connectivity index (χ3v) is 4.37. The van der Waals surface area contributed by atoms with Gasteiger partial charge in [-0.1, -0.05) is 44.4 Å². The molecule has 122 valence electrons. The van der Waals surface area contributed by atoms with Crippen molar-refractivity contribution < 1.29 is 14.7 Å². The highest BCUT2D eigenvalue weighted by Crippen LogP contribution is 2.32. The number of aliphatic carboxylic acids is 1. The molecular formula is C17H20N2O3S. The number of carboxylic acids is 1. The zero-order chi connectivity index (χ0) is 16.7. The second kappa shape index (κ2) is 8.53. The second-order valence-electron chi connectivity index (χ2n) is 5.20. The summed E-state index contributed by atoms with van der Waals surface area (Å²) in [6.07, 6.45) is 5.13. The first-order chi connectivity index (χ1) is 11.1. The normalized spacial score (nSPS) is 18.1. The molecule has 0 unspecified atom stereocenters. The van der Waals surface area contributed by atoms with Crippen molar-refractivity contribution in [3.8, 4) is 0 Å². The highest BCUT2D eigenvalue weighted by molar-refractivity contribution is 8.18. The number of unbranched alkanes of at least 4 members (excludes halogenated alkanes) is 3. The minimum absolute atomic E-state index is 0.211. The van der Waals surface area contributed by atoms with Crippen LogP contribution in [0, 0.1) is 0 Å². The second-order valence-corrected chi connectivity index (χ2v) is 6.21. The highest BCUT2D eigenvalue weighted by atomic mass is 32.2. The Balaban J connectivity index is 2.20. The molecule has 0 spiro atoms. The topological polar surface area (TPSA) is 70.0 Å². The van der Waals surface area contributed by atoms with Crippen molar-refractivity contribution >= 4 is 34.5 Å². The molecular weight excluding hydrogens is 312 g/mol. The van der Waals surface area contributed by atoms with Crippen molar-refractivity contribution in [1.29, 1.82) is 0 Å². The van der Waals surface area contributed by atoms with Gasteiger partial charge >= 0.3 is 5.97 Å². The molecule has 5 nitrogen and oxygen atoms in total. The molecule has 1 aromatic rings. The van der Waals surface area contributed by atoms with E-state index in [1.54, 1.807) is 4.90 Å². The molecule has 1 aromatic carbocycles. The number of hydrogen-bond acceptors (Lipinski definition) is 4. The summed E-state index contributed by atoms with van der Waals surface area (Å²) in [5.74, 6) is -1.39. The molecule has 23 heavy (non-hydrogen) atoms. The van der Waals surface area contributed by atoms with Gasteiger partial charge in [-0.05, 0) is 30.3 Å². The molecule has 1 saturated heterocycles. The van der Waals surface area contributed by atoms with E-state index in [-0.39, 0.29) is 10.8 Å². The van der Waals surface area contributed by atoms with Crippen molar-refractivity contribution in [2.45, 2.75) is 32.6 Å². The number of para-hydroxylation sites is 1. The number of amides is 1. The molecule has 6 heteroatoms. The fraction of sp³-hybridized carbons (Fsp3) is 0.353. The Bertz CT molecular complexity index is 626. The number of benzene rings is 1. The largest absolute Gasteiger partial charge is 0.478 e. The monoisotopic (exact) mass is 332 g/mol. The van der Waals surface area contributed by atoms with Crippen LogP contribution >= 0.6 is 11.8 Å². The van der Waals surface area contributed by atoms with Crippen LogP contribution in [0.4, 0.5) is 5.69 Å². The summed E-state index contributed by atoms with van der Waals surface area (Å²) in [6, 6.07) is 9.36. The molecule has 1 N–H and O–H groups in total. The SMILES string of the molecule is CCCCCCN1C(=O)C(=CC(=O)O)SC1=Nc1ccccc1. The summed E-state index contributed by atoms with van der Waals surface area (Å²) in [6.45, 7) is 2.70. The van der Waals surface area contributed by atoms with Crippen LogP contribution in [0.1, 0.15) is 32.6 Å². The Labute approximate surface area is 140 Å². The van der Waals surface area contributed by atoms with Gasteiger partial charge in [0.2, 0.25) is 0 Å². The van der Waals surface area contributed by atoms with E-state index < -0.39 is 5.97 Å². The van der Waals surface area contributed by atoms with Crippen LogP contribution in [0.5, 0.6) is 0 Å². The standard InChI is InChI=1S/C17H20N2O3S/c1-2-3-4-8-11-19-16(22)14(12-15(20)21)23-17(19)18-13-9-6-5-7-10-13/h5-7,9-10,12H,2-4,8,11H2,1H3,(H,20,21). The lowest BCUT2D eigenvalue weighted by molar-refractivity contribution is -0.132. The number of carboxylic acid groups (broad SMARTS) is 1. The third-order valence-electron chi connectivity index (χ3n) is 3.36. The molecule has 1 amide bonds. The fourth-order valence-corrected chi connectivity index (χ4v) is 3.20. The molecule has 0 aliphatic carbocycles.